The molecule has 0 bridgehead atoms. The quantitative estimate of drug-likeness (QED) is 0.0169. The van der Waals surface area contributed by atoms with E-state index < -0.39 is 97.5 Å². The van der Waals surface area contributed by atoms with Crippen LogP contribution in [0.5, 0.6) is 0 Å². The molecule has 0 radical (unpaired) electrons. The van der Waals surface area contributed by atoms with E-state index in [2.05, 4.69) is 161 Å². The number of aliphatic hydroxyl groups is 1. The lowest BCUT2D eigenvalue weighted by molar-refractivity contribution is -0.161. The zero-order chi connectivity index (χ0) is 74.6. The van der Waals surface area contributed by atoms with Crippen molar-refractivity contribution in [3.8, 4) is 0 Å². The van der Waals surface area contributed by atoms with Gasteiger partial charge in [0.25, 0.3) is 0 Å². The second-order valence-electron chi connectivity index (χ2n) is 25.2. The Balaban J connectivity index is 5.49. The van der Waals surface area contributed by atoms with Crippen LogP contribution in [0.25, 0.3) is 0 Å². The minimum atomic E-state index is -5.01. The van der Waals surface area contributed by atoms with E-state index in [4.69, 9.17) is 37.0 Å². The van der Waals surface area contributed by atoms with Gasteiger partial charge in [0.2, 0.25) is 0 Å². The van der Waals surface area contributed by atoms with Crippen molar-refractivity contribution in [3.63, 3.8) is 0 Å². The first-order chi connectivity index (χ1) is 49.7. The number of unbranched alkanes of at least 4 members (excludes halogenated alkanes) is 19. The number of phosphoric ester groups is 2. The molecule has 5 unspecified atom stereocenters. The van der Waals surface area contributed by atoms with Gasteiger partial charge in [-0.1, -0.05) is 256 Å². The summed E-state index contributed by atoms with van der Waals surface area (Å²) in [7, 11) is -10.0. The summed E-state index contributed by atoms with van der Waals surface area (Å²) in [6, 6.07) is 0. The normalized spacial score (nSPS) is 14.8. The lowest BCUT2D eigenvalue weighted by Crippen LogP contribution is -2.30. The Morgan fingerprint density at radius 2 is 0.520 bits per heavy atom. The van der Waals surface area contributed by atoms with Gasteiger partial charge < -0.3 is 33.8 Å². The van der Waals surface area contributed by atoms with Crippen LogP contribution in [-0.4, -0.2) is 96.7 Å². The first-order valence-electron chi connectivity index (χ1n) is 38.7. The molecular formula is C83H136O17P2. The third kappa shape index (κ3) is 73.0. The fourth-order valence-electron chi connectivity index (χ4n) is 9.61. The number of ether oxygens (including phenoxy) is 4. The molecule has 17 nitrogen and oxygen atoms in total. The second kappa shape index (κ2) is 74.0. The maximum Gasteiger partial charge on any atom is 0.472 e. The number of hydrogen-bond acceptors (Lipinski definition) is 15. The van der Waals surface area contributed by atoms with Crippen molar-refractivity contribution < 1.29 is 80.2 Å². The van der Waals surface area contributed by atoms with Crippen LogP contribution in [0.3, 0.4) is 0 Å². The number of rotatable bonds is 71. The van der Waals surface area contributed by atoms with Crippen LogP contribution < -0.4 is 0 Å². The van der Waals surface area contributed by atoms with Gasteiger partial charge in [-0.25, -0.2) is 9.13 Å². The molecule has 0 saturated heterocycles. The highest BCUT2D eigenvalue weighted by Crippen LogP contribution is 2.45. The number of carbonyl (C=O) groups excluding carboxylic acids is 4. The number of esters is 4. The van der Waals surface area contributed by atoms with Crippen molar-refractivity contribution in [3.05, 3.63) is 158 Å². The van der Waals surface area contributed by atoms with E-state index in [9.17, 15) is 43.2 Å². The molecule has 0 amide bonds. The van der Waals surface area contributed by atoms with Gasteiger partial charge in [-0.3, -0.25) is 37.3 Å². The van der Waals surface area contributed by atoms with Crippen LogP contribution in [0.2, 0.25) is 0 Å². The van der Waals surface area contributed by atoms with E-state index in [-0.39, 0.29) is 25.7 Å². The van der Waals surface area contributed by atoms with E-state index in [0.29, 0.717) is 38.5 Å². The minimum Gasteiger partial charge on any atom is -0.462 e. The fourth-order valence-corrected chi connectivity index (χ4v) is 11.2. The van der Waals surface area contributed by atoms with Gasteiger partial charge in [0.15, 0.2) is 12.2 Å². The molecular weight excluding hydrogens is 1330 g/mol. The van der Waals surface area contributed by atoms with Gasteiger partial charge in [0, 0.05) is 25.7 Å². The lowest BCUT2D eigenvalue weighted by atomic mass is 10.1. The smallest absolute Gasteiger partial charge is 0.462 e. The van der Waals surface area contributed by atoms with Crippen molar-refractivity contribution in [2.24, 2.45) is 0 Å². The Hall–Kier alpha value is -5.32. The molecule has 102 heavy (non-hydrogen) atoms. The van der Waals surface area contributed by atoms with E-state index >= 15 is 0 Å². The SMILES string of the molecule is CC/C=C\C/C=C\C/C=C\C/C=C\C/C=C\CCCC(=O)OCC(COP(=O)(O)OCC(O)COP(=O)(O)OCC(COC(=O)CCCCCCC/C=C\C/C=C\CCCCC)OC(=O)CCCCCCC/C=C\CCCCCC)OC(=O)CCC/C=C\C/C=C\C/C=C\C/C=C\C/C=C\CC. The van der Waals surface area contributed by atoms with Crippen LogP contribution in [-0.2, 0) is 65.4 Å². The van der Waals surface area contributed by atoms with Crippen LogP contribution in [0.4, 0.5) is 0 Å². The van der Waals surface area contributed by atoms with E-state index in [1.54, 1.807) is 0 Å². The molecule has 3 N–H and O–H groups in total. The average molecular weight is 1470 g/mol. The van der Waals surface area contributed by atoms with Crippen LogP contribution in [0, 0.1) is 0 Å². The topological polar surface area (TPSA) is 237 Å². The van der Waals surface area contributed by atoms with Gasteiger partial charge in [0.05, 0.1) is 26.4 Å². The predicted molar refractivity (Wildman–Crippen MR) is 417 cm³/mol. The summed E-state index contributed by atoms with van der Waals surface area (Å²) in [5.41, 5.74) is 0. The zero-order valence-electron chi connectivity index (χ0n) is 63.2. The largest absolute Gasteiger partial charge is 0.472 e. The Labute approximate surface area is 617 Å². The second-order valence-corrected chi connectivity index (χ2v) is 28.1. The summed E-state index contributed by atoms with van der Waals surface area (Å²) in [4.78, 5) is 72.9. The molecule has 0 aromatic rings. The van der Waals surface area contributed by atoms with E-state index in [1.807, 2.05) is 24.3 Å². The van der Waals surface area contributed by atoms with Gasteiger partial charge >= 0.3 is 39.5 Å². The molecule has 580 valence electrons. The summed E-state index contributed by atoms with van der Waals surface area (Å²) in [5.74, 6) is -2.35. The molecule has 5 atom stereocenters. The summed E-state index contributed by atoms with van der Waals surface area (Å²) < 4.78 is 68.4. The number of hydrogen-bond donors (Lipinski definition) is 3. The molecule has 0 aliphatic heterocycles. The van der Waals surface area contributed by atoms with Crippen LogP contribution in [0.1, 0.15) is 285 Å². The first kappa shape index (κ1) is 96.7. The van der Waals surface area contributed by atoms with Gasteiger partial charge in [-0.2, -0.15) is 0 Å². The first-order valence-corrected chi connectivity index (χ1v) is 41.7. The predicted octanol–water partition coefficient (Wildman–Crippen LogP) is 22.4. The third-order valence-corrected chi connectivity index (χ3v) is 17.4. The molecule has 0 aromatic heterocycles. The summed E-state index contributed by atoms with van der Waals surface area (Å²) in [6.45, 7) is 4.43. The van der Waals surface area contributed by atoms with E-state index in [0.717, 1.165) is 148 Å². The molecule has 0 heterocycles. The molecule has 0 aromatic carbocycles. The zero-order valence-corrected chi connectivity index (χ0v) is 65.0. The lowest BCUT2D eigenvalue weighted by Gasteiger charge is -2.21. The molecule has 0 saturated carbocycles. The monoisotopic (exact) mass is 1470 g/mol. The molecule has 0 fully saturated rings. The summed E-state index contributed by atoms with van der Waals surface area (Å²) in [6.07, 6.45) is 85.3. The highest BCUT2D eigenvalue weighted by atomic mass is 31.2. The van der Waals surface area contributed by atoms with E-state index in [1.165, 1.54) is 44.9 Å². The molecule has 0 aliphatic carbocycles. The van der Waals surface area contributed by atoms with Crippen LogP contribution >= 0.6 is 15.6 Å². The standard InChI is InChI=1S/C83H136O17P2/c1-5-9-13-17-21-25-29-33-36-38-41-45-48-52-56-60-64-68-81(86)94-74-79(100-83(88)70-66-62-58-54-50-46-42-39-37-34-30-26-22-18-14-10-6-2)76-98-102(91,92)96-72-77(84)71-95-101(89,90)97-75-78(99-82(87)69-65-61-57-53-49-43-32-28-24-20-16-12-8-4)73-93-80(85)67-63-59-55-51-47-44-40-35-31-27-23-19-15-11-7-3/h9-10,13-14,21-23,25-28,32-37,40-42,45-46,52,54,56,58,77-79,84H,5-8,11-12,15-20,24,29-31,38-39,43-44,47-51,53,55,57,59-76H2,1-4H3,(H,89,90)(H,91,92)/b13-9-,14-10-,25-21-,26-22-,27-23-,32-28-,36-33-,37-34-,40-35-,45-41-,46-42-,56-52-,58-54-. The highest BCUT2D eigenvalue weighted by molar-refractivity contribution is 7.47. The minimum absolute atomic E-state index is 0.00153. The number of phosphoric acid groups is 2. The Morgan fingerprint density at radius 3 is 0.863 bits per heavy atom. The number of allylic oxidation sites excluding steroid dienone is 26. The Kier molecular flexibility index (Phi) is 70.1. The van der Waals surface area contributed by atoms with Crippen molar-refractivity contribution in [2.45, 2.75) is 303 Å². The maximum absolute atomic E-state index is 13.1. The summed E-state index contributed by atoms with van der Waals surface area (Å²) in [5, 5.41) is 10.6. The van der Waals surface area contributed by atoms with Crippen molar-refractivity contribution in [1.29, 1.82) is 0 Å². The fraction of sp³-hybridized carbons (Fsp3) is 0.639. The van der Waals surface area contributed by atoms with Crippen molar-refractivity contribution in [1.82, 2.24) is 0 Å². The average Bonchev–Trinajstić information content (AvgIpc) is 0.959. The Bertz CT molecular complexity index is 2550. The number of carbonyl (C=O) groups is 4. The maximum atomic E-state index is 13.1. The molecule has 0 rings (SSSR count). The van der Waals surface area contributed by atoms with Crippen molar-refractivity contribution >= 4 is 39.5 Å². The summed E-state index contributed by atoms with van der Waals surface area (Å²) >= 11 is 0. The Morgan fingerprint density at radius 1 is 0.284 bits per heavy atom. The van der Waals surface area contributed by atoms with Crippen LogP contribution in [0.15, 0.2) is 158 Å². The molecule has 19 heteroatoms. The third-order valence-electron chi connectivity index (χ3n) is 15.5. The van der Waals surface area contributed by atoms with Gasteiger partial charge in [0.1, 0.15) is 19.3 Å². The van der Waals surface area contributed by atoms with Crippen molar-refractivity contribution in [2.75, 3.05) is 39.6 Å². The highest BCUT2D eigenvalue weighted by Gasteiger charge is 2.30. The number of aliphatic hydroxyl groups excluding tert-OH is 1. The van der Waals surface area contributed by atoms with Gasteiger partial charge in [-0.05, 0) is 161 Å². The van der Waals surface area contributed by atoms with Gasteiger partial charge in [-0.15, -0.1) is 0 Å². The molecule has 0 aliphatic rings. The molecule has 0 spiro atoms.